The van der Waals surface area contributed by atoms with Gasteiger partial charge in [0.15, 0.2) is 10.8 Å². The molecule has 3 heterocycles. The number of hydrogen-bond acceptors (Lipinski definition) is 5. The second kappa shape index (κ2) is 4.72. The van der Waals surface area contributed by atoms with Gasteiger partial charge in [0.2, 0.25) is 0 Å². The van der Waals surface area contributed by atoms with E-state index in [0.29, 0.717) is 34.3 Å². The minimum Gasteiger partial charge on any atom is -0.462 e. The highest BCUT2D eigenvalue weighted by molar-refractivity contribution is 6.34. The molecule has 0 spiro atoms. The molecule has 0 aliphatic carbocycles. The van der Waals surface area contributed by atoms with E-state index >= 15 is 0 Å². The number of esters is 1. The third kappa shape index (κ3) is 1.89. The smallest absolute Gasteiger partial charge is 0.342 e. The van der Waals surface area contributed by atoms with Gasteiger partial charge in [0.1, 0.15) is 16.9 Å². The maximum absolute atomic E-state index is 12.0. The molecule has 3 aromatic heterocycles. The van der Waals surface area contributed by atoms with E-state index in [9.17, 15) is 4.79 Å². The van der Waals surface area contributed by atoms with Crippen LogP contribution in [-0.2, 0) is 4.74 Å². The van der Waals surface area contributed by atoms with Gasteiger partial charge in [-0.2, -0.15) is 5.10 Å². The molecule has 0 bridgehead atoms. The minimum atomic E-state index is -0.431. The summed E-state index contributed by atoms with van der Waals surface area (Å²) in [5.41, 5.74) is 1.41. The fourth-order valence-electron chi connectivity index (χ4n) is 2.09. The van der Waals surface area contributed by atoms with Crippen molar-refractivity contribution in [1.82, 2.24) is 19.6 Å². The molecule has 6 nitrogen and oxygen atoms in total. The van der Waals surface area contributed by atoms with Gasteiger partial charge in [-0.15, -0.1) is 0 Å². The van der Waals surface area contributed by atoms with Gasteiger partial charge in [0, 0.05) is 11.6 Å². The first-order chi connectivity index (χ1) is 9.61. The van der Waals surface area contributed by atoms with E-state index in [1.165, 1.54) is 4.52 Å². The van der Waals surface area contributed by atoms with E-state index in [2.05, 4.69) is 15.1 Å². The van der Waals surface area contributed by atoms with E-state index in [-0.39, 0.29) is 0 Å². The summed E-state index contributed by atoms with van der Waals surface area (Å²) in [6, 6.07) is 3.46. The van der Waals surface area contributed by atoms with Crippen LogP contribution >= 0.6 is 11.6 Å². The van der Waals surface area contributed by atoms with Crippen LogP contribution in [0.5, 0.6) is 0 Å². The van der Waals surface area contributed by atoms with Crippen molar-refractivity contribution in [3.63, 3.8) is 0 Å². The minimum absolute atomic E-state index is 0.299. The number of aryl methyl sites for hydroxylation is 1. The number of hydrogen-bond donors (Lipinski definition) is 0. The van der Waals surface area contributed by atoms with Gasteiger partial charge < -0.3 is 4.74 Å². The van der Waals surface area contributed by atoms with Crippen molar-refractivity contribution >= 4 is 34.1 Å². The lowest BCUT2D eigenvalue weighted by Gasteiger charge is -2.07. The van der Waals surface area contributed by atoms with Gasteiger partial charge in [-0.1, -0.05) is 11.6 Å². The summed E-state index contributed by atoms with van der Waals surface area (Å²) in [5.74, 6) is 0.114. The summed E-state index contributed by atoms with van der Waals surface area (Å²) in [7, 11) is 0. The Labute approximate surface area is 119 Å². The molecule has 0 saturated heterocycles. The fourth-order valence-corrected chi connectivity index (χ4v) is 2.34. The van der Waals surface area contributed by atoms with Gasteiger partial charge in [0.25, 0.3) is 0 Å². The molecule has 0 aromatic carbocycles. The number of pyridine rings is 2. The van der Waals surface area contributed by atoms with E-state index in [4.69, 9.17) is 16.3 Å². The zero-order valence-corrected chi connectivity index (χ0v) is 11.7. The van der Waals surface area contributed by atoms with Gasteiger partial charge in [-0.25, -0.2) is 19.3 Å². The fraction of sp³-hybridized carbons (Fsp3) is 0.231. The Morgan fingerprint density at radius 3 is 3.05 bits per heavy atom. The molecule has 3 aromatic rings. The van der Waals surface area contributed by atoms with Crippen LogP contribution in [0.2, 0.25) is 5.15 Å². The van der Waals surface area contributed by atoms with Crippen LogP contribution in [0.25, 0.3) is 16.6 Å². The van der Waals surface area contributed by atoms with Gasteiger partial charge in [-0.05, 0) is 26.0 Å². The molecule has 0 aliphatic rings. The van der Waals surface area contributed by atoms with Gasteiger partial charge >= 0.3 is 5.97 Å². The van der Waals surface area contributed by atoms with Crippen LogP contribution in [0.4, 0.5) is 0 Å². The first kappa shape index (κ1) is 12.8. The average Bonchev–Trinajstić information content (AvgIpc) is 2.79. The normalized spacial score (nSPS) is 11.2. The highest BCUT2D eigenvalue weighted by Crippen LogP contribution is 2.25. The molecule has 7 heteroatoms. The van der Waals surface area contributed by atoms with Gasteiger partial charge in [-0.3, -0.25) is 0 Å². The van der Waals surface area contributed by atoms with Crippen molar-refractivity contribution in [3.05, 3.63) is 34.9 Å². The molecular formula is C13H11ClN4O2. The summed E-state index contributed by atoms with van der Waals surface area (Å²) in [6.45, 7) is 3.80. The van der Waals surface area contributed by atoms with Crippen LogP contribution < -0.4 is 0 Å². The van der Waals surface area contributed by atoms with E-state index in [1.54, 1.807) is 32.2 Å². The van der Waals surface area contributed by atoms with E-state index in [1.807, 2.05) is 0 Å². The summed E-state index contributed by atoms with van der Waals surface area (Å²) >= 11 is 6.12. The summed E-state index contributed by atoms with van der Waals surface area (Å²) < 4.78 is 6.59. The summed E-state index contributed by atoms with van der Waals surface area (Å²) in [6.07, 6.45) is 1.58. The number of carbonyl (C=O) groups excluding carboxylic acids is 1. The number of rotatable bonds is 2. The lowest BCUT2D eigenvalue weighted by molar-refractivity contribution is 0.0528. The zero-order valence-electron chi connectivity index (χ0n) is 10.9. The number of carbonyl (C=O) groups is 1. The molecule has 20 heavy (non-hydrogen) atoms. The number of fused-ring (bicyclic) bond motifs is 3. The van der Waals surface area contributed by atoms with E-state index in [0.717, 1.165) is 5.39 Å². The largest absolute Gasteiger partial charge is 0.462 e. The zero-order chi connectivity index (χ0) is 14.3. The molecule has 0 aliphatic heterocycles. The third-order valence-corrected chi connectivity index (χ3v) is 3.15. The number of halogens is 1. The number of ether oxygens (including phenoxy) is 1. The highest BCUT2D eigenvalue weighted by atomic mass is 35.5. The molecule has 0 radical (unpaired) electrons. The first-order valence-electron chi connectivity index (χ1n) is 6.09. The predicted octanol–water partition coefficient (Wildman–Crippen LogP) is 2.42. The quantitative estimate of drug-likeness (QED) is 0.535. The van der Waals surface area contributed by atoms with Crippen molar-refractivity contribution in [3.8, 4) is 0 Å². The number of nitrogens with zero attached hydrogens (tertiary/aromatic N) is 4. The second-order valence-electron chi connectivity index (χ2n) is 4.21. The predicted molar refractivity (Wildman–Crippen MR) is 74.0 cm³/mol. The molecule has 3 rings (SSSR count). The Kier molecular flexibility index (Phi) is 3.02. The summed E-state index contributed by atoms with van der Waals surface area (Å²) in [5, 5.41) is 5.35. The molecule has 0 atom stereocenters. The van der Waals surface area contributed by atoms with Crippen molar-refractivity contribution in [1.29, 1.82) is 0 Å². The monoisotopic (exact) mass is 290 g/mol. The highest BCUT2D eigenvalue weighted by Gasteiger charge is 2.18. The molecule has 0 saturated carbocycles. The Balaban J connectivity index is 2.43. The van der Waals surface area contributed by atoms with Crippen LogP contribution in [0.15, 0.2) is 18.3 Å². The Morgan fingerprint density at radius 1 is 1.50 bits per heavy atom. The van der Waals surface area contributed by atoms with Crippen LogP contribution in [-0.4, -0.2) is 32.2 Å². The van der Waals surface area contributed by atoms with E-state index < -0.39 is 5.97 Å². The maximum atomic E-state index is 12.0. The Hall–Kier alpha value is -2.21. The molecule has 102 valence electrons. The Bertz CT molecular complexity index is 828. The third-order valence-electron chi connectivity index (χ3n) is 2.87. The summed E-state index contributed by atoms with van der Waals surface area (Å²) in [4.78, 5) is 20.4. The SMILES string of the molecule is CCOC(=O)c1cc2ccnc(Cl)c2n2nc(C)nc12. The molecule has 0 N–H and O–H groups in total. The maximum Gasteiger partial charge on any atom is 0.342 e. The molecule has 0 fully saturated rings. The molecule has 0 amide bonds. The standard InChI is InChI=1S/C13H11ClN4O2/c1-3-20-13(19)9-6-8-4-5-15-11(14)10(8)18-12(9)16-7(2)17-18/h4-6H,3H2,1-2H3. The average molecular weight is 291 g/mol. The lowest BCUT2D eigenvalue weighted by Crippen LogP contribution is -2.08. The van der Waals surface area contributed by atoms with Gasteiger partial charge in [0.05, 0.1) is 6.61 Å². The second-order valence-corrected chi connectivity index (χ2v) is 4.57. The topological polar surface area (TPSA) is 69.4 Å². The number of aromatic nitrogens is 4. The van der Waals surface area contributed by atoms with Crippen molar-refractivity contribution < 1.29 is 9.53 Å². The van der Waals surface area contributed by atoms with Crippen LogP contribution in [0.1, 0.15) is 23.1 Å². The molecule has 0 unspecified atom stereocenters. The van der Waals surface area contributed by atoms with Crippen molar-refractivity contribution in [2.24, 2.45) is 0 Å². The lowest BCUT2D eigenvalue weighted by atomic mass is 10.2. The first-order valence-corrected chi connectivity index (χ1v) is 6.47. The van der Waals surface area contributed by atoms with Crippen LogP contribution in [0.3, 0.4) is 0 Å². The Morgan fingerprint density at radius 2 is 2.30 bits per heavy atom. The van der Waals surface area contributed by atoms with Crippen molar-refractivity contribution in [2.45, 2.75) is 13.8 Å². The van der Waals surface area contributed by atoms with Crippen LogP contribution in [0, 0.1) is 6.92 Å². The molecular weight excluding hydrogens is 280 g/mol. The van der Waals surface area contributed by atoms with Crippen molar-refractivity contribution in [2.75, 3.05) is 6.61 Å².